The third kappa shape index (κ3) is 4.77. The second kappa shape index (κ2) is 7.20. The van der Waals surface area contributed by atoms with Crippen molar-refractivity contribution in [3.8, 4) is 6.07 Å². The molecular formula is C17H33NO4Si. The van der Waals surface area contributed by atoms with Gasteiger partial charge in [-0.25, -0.2) is 0 Å². The van der Waals surface area contributed by atoms with Crippen LogP contribution >= 0.6 is 0 Å². The highest BCUT2D eigenvalue weighted by Gasteiger charge is 2.50. The molecule has 0 saturated carbocycles. The molecule has 5 nitrogen and oxygen atoms in total. The van der Waals surface area contributed by atoms with Crippen molar-refractivity contribution < 1.29 is 19.4 Å². The molecule has 4 atom stereocenters. The predicted octanol–water partition coefficient (Wildman–Crippen LogP) is 2.83. The first-order valence-corrected chi connectivity index (χ1v) is 11.3. The Morgan fingerprint density at radius 1 is 1.39 bits per heavy atom. The first-order valence-electron chi connectivity index (χ1n) is 8.37. The van der Waals surface area contributed by atoms with E-state index in [1.54, 1.807) is 0 Å². The van der Waals surface area contributed by atoms with Crippen LogP contribution < -0.4 is 0 Å². The molecule has 1 aliphatic rings. The lowest BCUT2D eigenvalue weighted by atomic mass is 9.74. The van der Waals surface area contributed by atoms with Gasteiger partial charge in [-0.05, 0) is 18.1 Å². The lowest BCUT2D eigenvalue weighted by Gasteiger charge is -2.50. The minimum atomic E-state index is -1.98. The van der Waals surface area contributed by atoms with Gasteiger partial charge in [0.15, 0.2) is 8.32 Å². The van der Waals surface area contributed by atoms with Crippen LogP contribution in [0.5, 0.6) is 0 Å². The largest absolute Gasteiger partial charge is 0.413 e. The standard InChI is InChI=1S/C17H33NO4Si/c1-16(2,3)23(6,7)22-15-9-13(10-18)21-14(17(15,4)5)8-12(20)11-19/h12-15,19-20H,8-9,11H2,1-7H3/t12-,13-,14+,15+/m0/s1. The second-order valence-electron chi connectivity index (χ2n) is 8.74. The summed E-state index contributed by atoms with van der Waals surface area (Å²) in [5, 5.41) is 28.3. The van der Waals surface area contributed by atoms with E-state index in [1.807, 2.05) is 0 Å². The van der Waals surface area contributed by atoms with Gasteiger partial charge >= 0.3 is 0 Å². The van der Waals surface area contributed by atoms with E-state index < -0.39 is 20.5 Å². The van der Waals surface area contributed by atoms with Crippen molar-refractivity contribution in [1.29, 1.82) is 5.26 Å². The molecule has 0 spiro atoms. The normalized spacial score (nSPS) is 29.8. The van der Waals surface area contributed by atoms with Crippen molar-refractivity contribution in [2.75, 3.05) is 6.61 Å². The zero-order valence-corrected chi connectivity index (χ0v) is 16.6. The Morgan fingerprint density at radius 3 is 2.39 bits per heavy atom. The smallest absolute Gasteiger partial charge is 0.192 e. The zero-order valence-electron chi connectivity index (χ0n) is 15.6. The Labute approximate surface area is 141 Å². The van der Waals surface area contributed by atoms with Gasteiger partial charge in [-0.3, -0.25) is 0 Å². The zero-order chi connectivity index (χ0) is 18.1. The van der Waals surface area contributed by atoms with Crippen LogP contribution in [0.1, 0.15) is 47.5 Å². The number of hydrogen-bond donors (Lipinski definition) is 2. The van der Waals surface area contributed by atoms with Gasteiger partial charge < -0.3 is 19.4 Å². The Morgan fingerprint density at radius 2 is 1.96 bits per heavy atom. The highest BCUT2D eigenvalue weighted by molar-refractivity contribution is 6.74. The molecule has 1 aliphatic heterocycles. The fraction of sp³-hybridized carbons (Fsp3) is 0.941. The van der Waals surface area contributed by atoms with Crippen LogP contribution in [0.15, 0.2) is 0 Å². The van der Waals surface area contributed by atoms with E-state index in [9.17, 15) is 10.4 Å². The van der Waals surface area contributed by atoms with Crippen LogP contribution in [-0.4, -0.2) is 49.6 Å². The van der Waals surface area contributed by atoms with Gasteiger partial charge in [0, 0.05) is 18.3 Å². The molecule has 0 aromatic heterocycles. The summed E-state index contributed by atoms with van der Waals surface area (Å²) < 4.78 is 12.5. The van der Waals surface area contributed by atoms with Gasteiger partial charge in [-0.15, -0.1) is 0 Å². The minimum Gasteiger partial charge on any atom is -0.413 e. The van der Waals surface area contributed by atoms with Crippen LogP contribution in [0.25, 0.3) is 0 Å². The number of aliphatic hydroxyl groups is 2. The molecule has 1 rings (SSSR count). The molecule has 1 fully saturated rings. The third-order valence-electron chi connectivity index (χ3n) is 5.50. The summed E-state index contributed by atoms with van der Waals surface area (Å²) in [5.74, 6) is 0. The Bertz CT molecular complexity index is 439. The highest BCUT2D eigenvalue weighted by atomic mass is 28.4. The van der Waals surface area contributed by atoms with E-state index in [2.05, 4.69) is 53.8 Å². The number of aliphatic hydroxyl groups excluding tert-OH is 2. The van der Waals surface area contributed by atoms with Crippen molar-refractivity contribution in [2.24, 2.45) is 5.41 Å². The second-order valence-corrected chi connectivity index (χ2v) is 13.5. The fourth-order valence-corrected chi connectivity index (χ4v) is 4.10. The third-order valence-corrected chi connectivity index (χ3v) is 9.99. The maximum absolute atomic E-state index is 9.80. The van der Waals surface area contributed by atoms with Crippen molar-refractivity contribution in [3.05, 3.63) is 0 Å². The van der Waals surface area contributed by atoms with E-state index in [0.717, 1.165) is 0 Å². The van der Waals surface area contributed by atoms with Crippen molar-refractivity contribution >= 4 is 8.32 Å². The summed E-state index contributed by atoms with van der Waals surface area (Å²) in [6, 6.07) is 2.19. The summed E-state index contributed by atoms with van der Waals surface area (Å²) in [4.78, 5) is 0. The summed E-state index contributed by atoms with van der Waals surface area (Å²) in [7, 11) is -1.98. The predicted molar refractivity (Wildman–Crippen MR) is 92.5 cm³/mol. The molecule has 0 radical (unpaired) electrons. The van der Waals surface area contributed by atoms with E-state index >= 15 is 0 Å². The van der Waals surface area contributed by atoms with E-state index in [1.165, 1.54) is 0 Å². The molecule has 0 aliphatic carbocycles. The Hall–Kier alpha value is -0.453. The van der Waals surface area contributed by atoms with Crippen molar-refractivity contribution in [1.82, 2.24) is 0 Å². The van der Waals surface area contributed by atoms with Gasteiger partial charge in [-0.2, -0.15) is 5.26 Å². The highest BCUT2D eigenvalue weighted by Crippen LogP contribution is 2.45. The van der Waals surface area contributed by atoms with Crippen LogP contribution in [0.4, 0.5) is 0 Å². The van der Waals surface area contributed by atoms with Crippen LogP contribution in [0, 0.1) is 16.7 Å². The summed E-state index contributed by atoms with van der Waals surface area (Å²) in [6.07, 6.45) is -0.949. The Kier molecular flexibility index (Phi) is 6.45. The number of nitriles is 1. The van der Waals surface area contributed by atoms with Gasteiger partial charge in [0.1, 0.15) is 6.10 Å². The summed E-state index contributed by atoms with van der Waals surface area (Å²) >= 11 is 0. The quantitative estimate of drug-likeness (QED) is 0.750. The molecule has 23 heavy (non-hydrogen) atoms. The lowest BCUT2D eigenvalue weighted by Crippen LogP contribution is -2.56. The van der Waals surface area contributed by atoms with Gasteiger partial charge in [0.25, 0.3) is 0 Å². The molecule has 1 saturated heterocycles. The van der Waals surface area contributed by atoms with Gasteiger partial charge in [0.2, 0.25) is 0 Å². The monoisotopic (exact) mass is 343 g/mol. The molecule has 0 unspecified atom stereocenters. The number of hydrogen-bond acceptors (Lipinski definition) is 5. The lowest BCUT2D eigenvalue weighted by molar-refractivity contribution is -0.165. The van der Waals surface area contributed by atoms with E-state index in [-0.39, 0.29) is 29.3 Å². The van der Waals surface area contributed by atoms with Crippen LogP contribution in [-0.2, 0) is 9.16 Å². The molecule has 0 bridgehead atoms. The van der Waals surface area contributed by atoms with Crippen molar-refractivity contribution in [2.45, 2.75) is 90.0 Å². The van der Waals surface area contributed by atoms with Gasteiger partial charge in [0.05, 0.1) is 31.0 Å². The maximum atomic E-state index is 9.80. The Balaban J connectivity index is 3.02. The van der Waals surface area contributed by atoms with Gasteiger partial charge in [-0.1, -0.05) is 34.6 Å². The molecular weight excluding hydrogens is 310 g/mol. The average molecular weight is 344 g/mol. The fourth-order valence-electron chi connectivity index (χ4n) is 2.63. The number of rotatable bonds is 5. The molecule has 2 N–H and O–H groups in total. The minimum absolute atomic E-state index is 0.0869. The first-order chi connectivity index (χ1) is 10.3. The molecule has 0 aromatic carbocycles. The molecule has 0 amide bonds. The molecule has 0 aromatic rings. The van der Waals surface area contributed by atoms with E-state index in [0.29, 0.717) is 12.8 Å². The maximum Gasteiger partial charge on any atom is 0.192 e. The van der Waals surface area contributed by atoms with E-state index in [4.69, 9.17) is 14.3 Å². The van der Waals surface area contributed by atoms with Crippen molar-refractivity contribution in [3.63, 3.8) is 0 Å². The topological polar surface area (TPSA) is 82.7 Å². The molecule has 1 heterocycles. The number of nitrogens with zero attached hydrogens (tertiary/aromatic N) is 1. The average Bonchev–Trinajstić information content (AvgIpc) is 2.41. The van der Waals surface area contributed by atoms with Crippen LogP contribution in [0.2, 0.25) is 18.1 Å². The van der Waals surface area contributed by atoms with Crippen LogP contribution in [0.3, 0.4) is 0 Å². The molecule has 134 valence electrons. The summed E-state index contributed by atoms with van der Waals surface area (Å²) in [5.41, 5.74) is -0.334. The SMILES string of the molecule is CC1(C)[C@@H](C[C@H](O)CO)O[C@H](C#N)C[C@H]1O[Si](C)(C)C(C)(C)C. The molecule has 6 heteroatoms. The number of ether oxygens (including phenoxy) is 1. The summed E-state index contributed by atoms with van der Waals surface area (Å²) in [6.45, 7) is 14.8. The first kappa shape index (κ1) is 20.6.